The number of rotatable bonds is 4. The largest absolute Gasteiger partial charge is 0.254 e. The van der Waals surface area contributed by atoms with Gasteiger partial charge in [0.25, 0.3) is 0 Å². The van der Waals surface area contributed by atoms with Gasteiger partial charge >= 0.3 is 0 Å². The van der Waals surface area contributed by atoms with Crippen molar-refractivity contribution in [2.45, 2.75) is 0 Å². The molecule has 10 rings (SSSR count). The summed E-state index contributed by atoms with van der Waals surface area (Å²) in [5, 5.41) is 9.62. The number of hydrogen-bond acceptors (Lipinski definition) is 2. The third kappa shape index (κ3) is 4.65. The Morgan fingerprint density at radius 1 is 0.300 bits per heavy atom. The van der Waals surface area contributed by atoms with Crippen molar-refractivity contribution in [2.24, 2.45) is 0 Å². The summed E-state index contributed by atoms with van der Waals surface area (Å²) in [5.41, 5.74) is 11.0. The van der Waals surface area contributed by atoms with Crippen molar-refractivity contribution >= 4 is 54.1 Å². The molecule has 0 aliphatic heterocycles. The van der Waals surface area contributed by atoms with E-state index in [9.17, 15) is 0 Å². The Hall–Kier alpha value is -6.64. The van der Waals surface area contributed by atoms with Crippen LogP contribution < -0.4 is 0 Å². The topological polar surface area (TPSA) is 25.8 Å². The molecule has 0 unspecified atom stereocenters. The first-order chi connectivity index (χ1) is 24.8. The number of aromatic nitrogens is 2. The fourth-order valence-electron chi connectivity index (χ4n) is 7.68. The highest BCUT2D eigenvalue weighted by Crippen LogP contribution is 2.42. The fraction of sp³-hybridized carbons (Fsp3) is 0. The quantitative estimate of drug-likeness (QED) is 0.180. The first-order valence-electron chi connectivity index (χ1n) is 17.1. The predicted octanol–water partition coefficient (Wildman–Crippen LogP) is 12.9. The first-order valence-corrected chi connectivity index (χ1v) is 17.1. The highest BCUT2D eigenvalue weighted by Gasteiger charge is 2.16. The van der Waals surface area contributed by atoms with E-state index in [2.05, 4.69) is 170 Å². The first kappa shape index (κ1) is 28.4. The minimum Gasteiger partial charge on any atom is -0.254 e. The minimum absolute atomic E-state index is 0.918. The number of benzene rings is 8. The molecule has 2 nitrogen and oxygen atoms in total. The second-order valence-electron chi connectivity index (χ2n) is 13.0. The Labute approximate surface area is 290 Å². The zero-order valence-corrected chi connectivity index (χ0v) is 27.2. The maximum atomic E-state index is 5.31. The molecule has 0 saturated carbocycles. The number of fused-ring (bicyclic) bond motifs is 7. The van der Waals surface area contributed by atoms with E-state index in [4.69, 9.17) is 9.97 Å². The lowest BCUT2D eigenvalue weighted by atomic mass is 9.88. The van der Waals surface area contributed by atoms with Gasteiger partial charge in [0.15, 0.2) is 0 Å². The Morgan fingerprint density at radius 2 is 0.840 bits per heavy atom. The van der Waals surface area contributed by atoms with Gasteiger partial charge in [-0.3, -0.25) is 4.98 Å². The van der Waals surface area contributed by atoms with Crippen LogP contribution in [-0.4, -0.2) is 9.97 Å². The molecule has 0 saturated heterocycles. The number of pyridine rings is 2. The van der Waals surface area contributed by atoms with Gasteiger partial charge in [-0.05, 0) is 102 Å². The van der Waals surface area contributed by atoms with Crippen molar-refractivity contribution < 1.29 is 0 Å². The molecule has 0 radical (unpaired) electrons. The van der Waals surface area contributed by atoms with Gasteiger partial charge in [0, 0.05) is 22.5 Å². The second kappa shape index (κ2) is 11.5. The van der Waals surface area contributed by atoms with Crippen molar-refractivity contribution in [1.82, 2.24) is 9.97 Å². The van der Waals surface area contributed by atoms with Crippen LogP contribution in [0.2, 0.25) is 0 Å². The molecule has 0 aliphatic carbocycles. The van der Waals surface area contributed by atoms with Crippen LogP contribution in [0.25, 0.3) is 98.8 Å². The fourth-order valence-corrected chi connectivity index (χ4v) is 7.68. The molecule has 2 aromatic heterocycles. The van der Waals surface area contributed by atoms with Crippen molar-refractivity contribution in [3.05, 3.63) is 182 Å². The van der Waals surface area contributed by atoms with Gasteiger partial charge < -0.3 is 0 Å². The summed E-state index contributed by atoms with van der Waals surface area (Å²) in [5.74, 6) is 0. The highest BCUT2D eigenvalue weighted by molar-refractivity contribution is 6.14. The van der Waals surface area contributed by atoms with E-state index in [1.165, 1.54) is 54.6 Å². The van der Waals surface area contributed by atoms with Crippen molar-refractivity contribution in [2.75, 3.05) is 0 Å². The molecule has 0 bridgehead atoms. The monoisotopic (exact) mass is 634 g/mol. The van der Waals surface area contributed by atoms with Gasteiger partial charge in [-0.25, -0.2) is 4.98 Å². The molecule has 0 atom stereocenters. The van der Waals surface area contributed by atoms with Gasteiger partial charge in [-0.1, -0.05) is 140 Å². The Bertz CT molecular complexity index is 2920. The van der Waals surface area contributed by atoms with Gasteiger partial charge in [-0.2, -0.15) is 0 Å². The van der Waals surface area contributed by atoms with Crippen LogP contribution in [0.3, 0.4) is 0 Å². The Morgan fingerprint density at radius 3 is 1.60 bits per heavy atom. The summed E-state index contributed by atoms with van der Waals surface area (Å²) in [6.45, 7) is 0. The molecular weight excluding hydrogens is 605 g/mol. The minimum atomic E-state index is 0.918. The van der Waals surface area contributed by atoms with Gasteiger partial charge in [0.05, 0.1) is 16.7 Å². The van der Waals surface area contributed by atoms with E-state index < -0.39 is 0 Å². The lowest BCUT2D eigenvalue weighted by Crippen LogP contribution is -1.92. The van der Waals surface area contributed by atoms with E-state index in [-0.39, 0.29) is 0 Å². The summed E-state index contributed by atoms with van der Waals surface area (Å²) in [7, 11) is 0. The molecule has 0 amide bonds. The molecule has 8 aromatic carbocycles. The van der Waals surface area contributed by atoms with Crippen LogP contribution in [0, 0.1) is 0 Å². The third-order valence-electron chi connectivity index (χ3n) is 10.1. The van der Waals surface area contributed by atoms with E-state index in [0.717, 1.165) is 44.2 Å². The Kier molecular flexibility index (Phi) is 6.53. The average Bonchev–Trinajstić information content (AvgIpc) is 3.20. The van der Waals surface area contributed by atoms with Gasteiger partial charge in [-0.15, -0.1) is 0 Å². The third-order valence-corrected chi connectivity index (χ3v) is 10.1. The summed E-state index contributed by atoms with van der Waals surface area (Å²) in [6.07, 6.45) is 1.85. The van der Waals surface area contributed by atoms with E-state index in [1.54, 1.807) is 0 Å². The number of hydrogen-bond donors (Lipinski definition) is 0. The van der Waals surface area contributed by atoms with Crippen LogP contribution in [-0.2, 0) is 0 Å². The standard InChI is InChI=1S/C48H30N2/c1-2-11-31(12-3-1)39-23-24-40(43-18-7-6-17-42(39)43)35-27-36(45-30-34-13-4-5-15-38(34)41-16-8-9-19-44(41)45)29-37(28-35)46-25-22-33-21-20-32-14-10-26-49-47(32)48(33)50-46/h1-30H. The second-order valence-corrected chi connectivity index (χ2v) is 13.0. The van der Waals surface area contributed by atoms with Crippen molar-refractivity contribution in [3.8, 4) is 44.6 Å². The lowest BCUT2D eigenvalue weighted by molar-refractivity contribution is 1.37. The van der Waals surface area contributed by atoms with Crippen LogP contribution >= 0.6 is 0 Å². The molecule has 2 heteroatoms. The van der Waals surface area contributed by atoms with Crippen LogP contribution in [0.1, 0.15) is 0 Å². The van der Waals surface area contributed by atoms with E-state index in [1.807, 2.05) is 12.3 Å². The average molecular weight is 635 g/mol. The smallest absolute Gasteiger partial charge is 0.0972 e. The molecule has 0 fully saturated rings. The molecule has 0 N–H and O–H groups in total. The van der Waals surface area contributed by atoms with Crippen LogP contribution in [0.4, 0.5) is 0 Å². The molecule has 10 aromatic rings. The molecule has 2 heterocycles. The maximum absolute atomic E-state index is 5.31. The van der Waals surface area contributed by atoms with Crippen molar-refractivity contribution in [3.63, 3.8) is 0 Å². The van der Waals surface area contributed by atoms with Crippen molar-refractivity contribution in [1.29, 1.82) is 0 Å². The van der Waals surface area contributed by atoms with Crippen LogP contribution in [0.15, 0.2) is 182 Å². The molecule has 232 valence electrons. The highest BCUT2D eigenvalue weighted by atomic mass is 14.7. The SMILES string of the molecule is c1ccc(-c2ccc(-c3cc(-c4ccc5ccc6cccnc6c5n4)cc(-c4cc5ccccc5c5ccccc45)c3)c3ccccc23)cc1. The van der Waals surface area contributed by atoms with E-state index >= 15 is 0 Å². The molecule has 0 spiro atoms. The zero-order chi connectivity index (χ0) is 33.0. The van der Waals surface area contributed by atoms with Gasteiger partial charge in [0.1, 0.15) is 0 Å². The maximum Gasteiger partial charge on any atom is 0.0972 e. The molecule has 0 aliphatic rings. The van der Waals surface area contributed by atoms with E-state index in [0.29, 0.717) is 0 Å². The summed E-state index contributed by atoms with van der Waals surface area (Å²) < 4.78 is 0. The van der Waals surface area contributed by atoms with Crippen LogP contribution in [0.5, 0.6) is 0 Å². The summed E-state index contributed by atoms with van der Waals surface area (Å²) in [6, 6.07) is 63.5. The summed E-state index contributed by atoms with van der Waals surface area (Å²) in [4.78, 5) is 10.1. The number of nitrogens with zero attached hydrogens (tertiary/aromatic N) is 2. The summed E-state index contributed by atoms with van der Waals surface area (Å²) >= 11 is 0. The molecule has 50 heavy (non-hydrogen) atoms. The zero-order valence-electron chi connectivity index (χ0n) is 27.2. The lowest BCUT2D eigenvalue weighted by Gasteiger charge is -2.17. The predicted molar refractivity (Wildman–Crippen MR) is 211 cm³/mol. The normalized spacial score (nSPS) is 11.6. The van der Waals surface area contributed by atoms with Gasteiger partial charge in [0.2, 0.25) is 0 Å². The Balaban J connectivity index is 1.26. The molecular formula is C48H30N2.